The average molecular weight is 752 g/mol. The molecule has 3 aliphatic rings. The van der Waals surface area contributed by atoms with E-state index < -0.39 is 0 Å². The van der Waals surface area contributed by atoms with Crippen molar-refractivity contribution in [2.75, 3.05) is 0 Å². The molecule has 2 unspecified atom stereocenters. The van der Waals surface area contributed by atoms with Crippen molar-refractivity contribution >= 4 is 23.2 Å². The number of likely N-dealkylation sites (tertiary alicyclic amines) is 2. The van der Waals surface area contributed by atoms with Crippen LogP contribution in [0.15, 0.2) is 169 Å². The number of hydrogen-bond donors (Lipinski definition) is 0. The summed E-state index contributed by atoms with van der Waals surface area (Å²) >= 11 is 0. The Kier molecular flexibility index (Phi) is 11.9. The van der Waals surface area contributed by atoms with Gasteiger partial charge in [-0.25, -0.2) is 4.98 Å². The molecule has 0 radical (unpaired) electrons. The molecule has 2 fully saturated rings. The van der Waals surface area contributed by atoms with Crippen molar-refractivity contribution < 1.29 is 9.59 Å². The van der Waals surface area contributed by atoms with Gasteiger partial charge in [0.2, 0.25) is 11.8 Å². The molecule has 0 saturated carbocycles. The van der Waals surface area contributed by atoms with Crippen molar-refractivity contribution in [2.24, 2.45) is 4.99 Å². The summed E-state index contributed by atoms with van der Waals surface area (Å²) in [4.78, 5) is 39.6. The van der Waals surface area contributed by atoms with E-state index in [0.717, 1.165) is 78.3 Å². The van der Waals surface area contributed by atoms with Gasteiger partial charge in [-0.15, -0.1) is 0 Å². The van der Waals surface area contributed by atoms with E-state index in [-0.39, 0.29) is 23.9 Å². The molecule has 286 valence electrons. The number of aliphatic imine (C=N–C) groups is 1. The largest absolute Gasteiger partial charge is 0.330 e. The molecule has 6 aromatic rings. The molecule has 57 heavy (non-hydrogen) atoms. The van der Waals surface area contributed by atoms with Crippen LogP contribution in [0.25, 0.3) is 17.0 Å². The van der Waals surface area contributed by atoms with Gasteiger partial charge in [-0.2, -0.15) is 0 Å². The lowest BCUT2D eigenvalue weighted by molar-refractivity contribution is -0.137. The zero-order valence-electron chi connectivity index (χ0n) is 32.4. The van der Waals surface area contributed by atoms with E-state index in [1.54, 1.807) is 0 Å². The quantitative estimate of drug-likeness (QED) is 0.140. The van der Waals surface area contributed by atoms with Crippen molar-refractivity contribution in [3.8, 4) is 11.3 Å². The third-order valence-corrected chi connectivity index (χ3v) is 11.1. The van der Waals surface area contributed by atoms with E-state index >= 15 is 0 Å². The molecule has 7 nitrogen and oxygen atoms in total. The fourth-order valence-corrected chi connectivity index (χ4v) is 8.21. The normalized spacial score (nSPS) is 18.1. The fraction of sp³-hybridized carbons (Fsp3) is 0.240. The molecule has 2 saturated heterocycles. The van der Waals surface area contributed by atoms with Gasteiger partial charge in [0.05, 0.1) is 23.5 Å². The van der Waals surface area contributed by atoms with Gasteiger partial charge in [0.25, 0.3) is 0 Å². The van der Waals surface area contributed by atoms with Crippen molar-refractivity contribution in [3.05, 3.63) is 192 Å². The first-order valence-corrected chi connectivity index (χ1v) is 20.3. The summed E-state index contributed by atoms with van der Waals surface area (Å²) in [7, 11) is 0. The van der Waals surface area contributed by atoms with Crippen molar-refractivity contribution in [2.45, 2.75) is 76.7 Å². The smallest absolute Gasteiger partial charge is 0.223 e. The van der Waals surface area contributed by atoms with E-state index in [2.05, 4.69) is 89.6 Å². The minimum atomic E-state index is -0.0300. The topological polar surface area (TPSA) is 70.8 Å². The predicted octanol–water partition coefficient (Wildman–Crippen LogP) is 10.3. The lowest BCUT2D eigenvalue weighted by Gasteiger charge is -2.36. The van der Waals surface area contributed by atoms with Gasteiger partial charge in [0.15, 0.2) is 0 Å². The Bertz CT molecular complexity index is 2300. The summed E-state index contributed by atoms with van der Waals surface area (Å²) in [5.74, 6) is 1.42. The van der Waals surface area contributed by atoms with Gasteiger partial charge in [-0.1, -0.05) is 158 Å². The standard InChI is InChI=1S/C28H27N3O.C22H22N2O/c32-27-18-10-17-26(31(27)20-23-13-6-2-7-14-23)28-29-25(24-15-8-3-9-16-24)21-30(28)19-22-11-4-1-5-12-22;25-22-13-7-12-21(24(22)16-17-8-3-1-4-9-17)20-15-14-19(23-20)18-10-5-2-6-11-18/h1-9,11-16,21,26H,10,17-20H2;1-6,8-11,14,21H,7,12-13,15-16H2. The molecular formula is C50H49N5O2. The van der Waals surface area contributed by atoms with Gasteiger partial charge >= 0.3 is 0 Å². The van der Waals surface area contributed by atoms with Crippen molar-refractivity contribution in [3.63, 3.8) is 0 Å². The molecule has 0 N–H and O–H groups in total. The maximum atomic E-state index is 13.0. The molecule has 4 heterocycles. The Hall–Kier alpha value is -6.34. The molecule has 2 atom stereocenters. The minimum Gasteiger partial charge on any atom is -0.330 e. The van der Waals surface area contributed by atoms with Gasteiger partial charge < -0.3 is 14.4 Å². The van der Waals surface area contributed by atoms with Crippen LogP contribution in [0.1, 0.15) is 79.1 Å². The van der Waals surface area contributed by atoms with E-state index in [0.29, 0.717) is 25.9 Å². The van der Waals surface area contributed by atoms with E-state index in [4.69, 9.17) is 9.98 Å². The molecule has 0 spiro atoms. The monoisotopic (exact) mass is 751 g/mol. The number of piperidine rings is 2. The number of benzene rings is 5. The Morgan fingerprint density at radius 2 is 0.982 bits per heavy atom. The van der Waals surface area contributed by atoms with Crippen molar-refractivity contribution in [1.82, 2.24) is 19.4 Å². The second-order valence-corrected chi connectivity index (χ2v) is 15.1. The number of amides is 2. The first kappa shape index (κ1) is 37.6. The number of carbonyl (C=O) groups excluding carboxylic acids is 2. The highest BCUT2D eigenvalue weighted by Crippen LogP contribution is 2.35. The molecule has 3 aliphatic heterocycles. The highest BCUT2D eigenvalue weighted by atomic mass is 16.2. The van der Waals surface area contributed by atoms with E-state index in [1.165, 1.54) is 11.1 Å². The van der Waals surface area contributed by atoms with Crippen molar-refractivity contribution in [1.29, 1.82) is 0 Å². The number of carbonyl (C=O) groups is 2. The fourth-order valence-electron chi connectivity index (χ4n) is 8.21. The third-order valence-electron chi connectivity index (χ3n) is 11.1. The molecule has 2 amide bonds. The number of hydrogen-bond acceptors (Lipinski definition) is 4. The van der Waals surface area contributed by atoms with Crippen LogP contribution in [-0.2, 0) is 29.2 Å². The summed E-state index contributed by atoms with van der Waals surface area (Å²) in [6.45, 7) is 2.02. The Balaban J connectivity index is 0.000000165. The summed E-state index contributed by atoms with van der Waals surface area (Å²) < 4.78 is 2.24. The molecule has 0 aliphatic carbocycles. The molecule has 1 aromatic heterocycles. The zero-order chi connectivity index (χ0) is 38.8. The molecular weight excluding hydrogens is 703 g/mol. The molecule has 0 bridgehead atoms. The van der Waals surface area contributed by atoms with Crippen LogP contribution in [0, 0.1) is 0 Å². The first-order chi connectivity index (χ1) is 28.1. The number of allylic oxidation sites excluding steroid dienone is 1. The molecule has 9 rings (SSSR count). The Morgan fingerprint density at radius 3 is 1.53 bits per heavy atom. The lowest BCUT2D eigenvalue weighted by Crippen LogP contribution is -2.47. The van der Waals surface area contributed by atoms with Crippen LogP contribution in [0.2, 0.25) is 0 Å². The minimum absolute atomic E-state index is 0.0300. The highest BCUT2D eigenvalue weighted by Gasteiger charge is 2.34. The predicted molar refractivity (Wildman–Crippen MR) is 228 cm³/mol. The van der Waals surface area contributed by atoms with Crippen LogP contribution in [0.3, 0.4) is 0 Å². The lowest BCUT2D eigenvalue weighted by atomic mass is 9.95. The third kappa shape index (κ3) is 9.21. The summed E-state index contributed by atoms with van der Waals surface area (Å²) in [5.41, 5.74) is 8.91. The summed E-state index contributed by atoms with van der Waals surface area (Å²) in [6, 6.07) is 51.6. The van der Waals surface area contributed by atoms with E-state index in [9.17, 15) is 9.59 Å². The van der Waals surface area contributed by atoms with Crippen LogP contribution in [0.4, 0.5) is 0 Å². The second kappa shape index (κ2) is 18.1. The number of imidazole rings is 1. The maximum Gasteiger partial charge on any atom is 0.223 e. The number of rotatable bonds is 10. The van der Waals surface area contributed by atoms with Gasteiger partial charge in [-0.05, 0) is 47.9 Å². The summed E-state index contributed by atoms with van der Waals surface area (Å²) in [6.07, 6.45) is 10.2. The zero-order valence-corrected chi connectivity index (χ0v) is 32.4. The first-order valence-electron chi connectivity index (χ1n) is 20.3. The van der Waals surface area contributed by atoms with E-state index in [1.807, 2.05) is 88.7 Å². The molecule has 5 aromatic carbocycles. The Morgan fingerprint density at radius 1 is 0.526 bits per heavy atom. The SMILES string of the molecule is O=C1CCCC(C2=NC(c3ccccc3)=CC2)N1Cc1ccccc1.O=C1CCCC(c2nc(-c3ccccc3)cn2Cc2ccccc2)N1Cc1ccccc1. The van der Waals surface area contributed by atoms with Crippen LogP contribution >= 0.6 is 0 Å². The second-order valence-electron chi connectivity index (χ2n) is 15.1. The molecule has 7 heteroatoms. The van der Waals surface area contributed by atoms with Crippen LogP contribution in [-0.4, -0.2) is 42.9 Å². The van der Waals surface area contributed by atoms with Crippen LogP contribution < -0.4 is 0 Å². The Labute approximate surface area is 336 Å². The maximum absolute atomic E-state index is 13.0. The highest BCUT2D eigenvalue weighted by molar-refractivity contribution is 6.01. The number of nitrogens with zero attached hydrogens (tertiary/aromatic N) is 5. The van der Waals surface area contributed by atoms with Gasteiger partial charge in [-0.3, -0.25) is 14.6 Å². The van der Waals surface area contributed by atoms with Gasteiger partial charge in [0.1, 0.15) is 5.82 Å². The van der Waals surface area contributed by atoms with Crippen LogP contribution in [0.5, 0.6) is 0 Å². The number of aromatic nitrogens is 2. The average Bonchev–Trinajstić information content (AvgIpc) is 3.93. The van der Waals surface area contributed by atoms with Gasteiger partial charge in [0, 0.05) is 56.4 Å². The summed E-state index contributed by atoms with van der Waals surface area (Å²) in [5, 5.41) is 0.